The lowest BCUT2D eigenvalue weighted by molar-refractivity contribution is -0.139. The molecule has 23 heavy (non-hydrogen) atoms. The van der Waals surface area contributed by atoms with Crippen molar-refractivity contribution < 1.29 is 23.9 Å². The maximum Gasteiger partial charge on any atom is 0.407 e. The van der Waals surface area contributed by atoms with E-state index in [9.17, 15) is 14.4 Å². The molecular weight excluding hydrogens is 302 g/mol. The Bertz CT molecular complexity index is 414. The first-order valence-corrected chi connectivity index (χ1v) is 7.87. The van der Waals surface area contributed by atoms with Gasteiger partial charge < -0.3 is 25.0 Å². The van der Waals surface area contributed by atoms with Crippen LogP contribution in [-0.2, 0) is 19.1 Å². The number of carbonyl (C=O) groups is 3. The molecule has 8 nitrogen and oxygen atoms in total. The Labute approximate surface area is 136 Å². The van der Waals surface area contributed by atoms with Crippen molar-refractivity contribution in [3.63, 3.8) is 0 Å². The van der Waals surface area contributed by atoms with Gasteiger partial charge in [0.25, 0.3) is 0 Å². The van der Waals surface area contributed by atoms with E-state index < -0.39 is 11.7 Å². The number of hydrogen-bond acceptors (Lipinski definition) is 5. The Kier molecular flexibility index (Phi) is 7.80. The number of carbonyl (C=O) groups excluding carboxylic acids is 3. The molecule has 1 saturated heterocycles. The molecule has 0 aromatic rings. The van der Waals surface area contributed by atoms with Gasteiger partial charge in [-0.05, 0) is 27.2 Å². The molecule has 0 aromatic heterocycles. The Morgan fingerprint density at radius 2 is 1.70 bits per heavy atom. The average Bonchev–Trinajstić information content (AvgIpc) is 2.46. The topological polar surface area (TPSA) is 97.0 Å². The number of nitrogens with one attached hydrogen (secondary N) is 2. The van der Waals surface area contributed by atoms with Crippen molar-refractivity contribution in [3.8, 4) is 0 Å². The van der Waals surface area contributed by atoms with E-state index in [1.54, 1.807) is 25.7 Å². The van der Waals surface area contributed by atoms with Crippen LogP contribution >= 0.6 is 0 Å². The van der Waals surface area contributed by atoms with Crippen LogP contribution in [0.4, 0.5) is 4.79 Å². The minimum Gasteiger partial charge on any atom is -0.444 e. The zero-order chi connectivity index (χ0) is 17.3. The molecule has 1 rings (SSSR count). The van der Waals surface area contributed by atoms with E-state index in [2.05, 4.69) is 10.6 Å². The van der Waals surface area contributed by atoms with Gasteiger partial charge in [-0.3, -0.25) is 9.59 Å². The molecule has 0 unspecified atom stereocenters. The van der Waals surface area contributed by atoms with Gasteiger partial charge in [-0.1, -0.05) is 0 Å². The lowest BCUT2D eigenvalue weighted by Gasteiger charge is -2.26. The first-order chi connectivity index (χ1) is 10.8. The van der Waals surface area contributed by atoms with E-state index in [1.807, 2.05) is 0 Å². The smallest absolute Gasteiger partial charge is 0.407 e. The summed E-state index contributed by atoms with van der Waals surface area (Å²) in [6, 6.07) is 0. The number of nitrogens with zero attached hydrogens (tertiary/aromatic N) is 1. The van der Waals surface area contributed by atoms with Gasteiger partial charge in [0.1, 0.15) is 12.0 Å². The van der Waals surface area contributed by atoms with Crippen LogP contribution in [0.3, 0.4) is 0 Å². The highest BCUT2D eigenvalue weighted by atomic mass is 16.6. The minimum atomic E-state index is -0.530. The van der Waals surface area contributed by atoms with Gasteiger partial charge in [0.15, 0.2) is 0 Å². The third-order valence-electron chi connectivity index (χ3n) is 3.02. The maximum atomic E-state index is 11.9. The van der Waals surface area contributed by atoms with Gasteiger partial charge in [-0.15, -0.1) is 0 Å². The first kappa shape index (κ1) is 19.2. The van der Waals surface area contributed by atoms with E-state index in [0.717, 1.165) is 0 Å². The summed E-state index contributed by atoms with van der Waals surface area (Å²) in [7, 11) is 0. The highest BCUT2D eigenvalue weighted by Gasteiger charge is 2.19. The van der Waals surface area contributed by atoms with Crippen LogP contribution in [0.25, 0.3) is 0 Å². The fourth-order valence-corrected chi connectivity index (χ4v) is 1.95. The predicted octanol–water partition coefficient (Wildman–Crippen LogP) is 0.266. The van der Waals surface area contributed by atoms with Gasteiger partial charge in [-0.2, -0.15) is 0 Å². The third-order valence-corrected chi connectivity index (χ3v) is 3.02. The number of hydrogen-bond donors (Lipinski definition) is 2. The number of amides is 3. The largest absolute Gasteiger partial charge is 0.444 e. The van der Waals surface area contributed by atoms with Crippen LogP contribution in [0.15, 0.2) is 0 Å². The summed E-state index contributed by atoms with van der Waals surface area (Å²) in [5.41, 5.74) is -0.530. The SMILES string of the molecule is CC(C)(C)OC(=O)NCCCNC(=O)CC(=O)N1CCOCC1. The summed E-state index contributed by atoms with van der Waals surface area (Å²) in [5, 5.41) is 5.27. The number of ether oxygens (including phenoxy) is 2. The van der Waals surface area contributed by atoms with E-state index in [4.69, 9.17) is 9.47 Å². The van der Waals surface area contributed by atoms with Crippen LogP contribution in [0.1, 0.15) is 33.6 Å². The summed E-state index contributed by atoms with van der Waals surface area (Å²) >= 11 is 0. The molecule has 1 aliphatic heterocycles. The summed E-state index contributed by atoms with van der Waals surface area (Å²) in [6.07, 6.45) is -0.0673. The lowest BCUT2D eigenvalue weighted by atomic mass is 10.2. The highest BCUT2D eigenvalue weighted by molar-refractivity contribution is 5.96. The molecule has 8 heteroatoms. The predicted molar refractivity (Wildman–Crippen MR) is 83.9 cm³/mol. The summed E-state index contributed by atoms with van der Waals surface area (Å²) in [4.78, 5) is 36.6. The summed E-state index contributed by atoms with van der Waals surface area (Å²) < 4.78 is 10.2. The molecule has 0 spiro atoms. The van der Waals surface area contributed by atoms with Crippen molar-refractivity contribution in [2.45, 2.75) is 39.2 Å². The lowest BCUT2D eigenvalue weighted by Crippen LogP contribution is -2.42. The fourth-order valence-electron chi connectivity index (χ4n) is 1.95. The third kappa shape index (κ3) is 9.02. The highest BCUT2D eigenvalue weighted by Crippen LogP contribution is 2.06. The minimum absolute atomic E-state index is 0.153. The zero-order valence-electron chi connectivity index (χ0n) is 14.1. The average molecular weight is 329 g/mol. The van der Waals surface area contributed by atoms with E-state index in [-0.39, 0.29) is 18.2 Å². The molecule has 3 amide bonds. The molecule has 1 aliphatic rings. The molecular formula is C15H27N3O5. The van der Waals surface area contributed by atoms with Crippen LogP contribution in [0, 0.1) is 0 Å². The molecule has 2 N–H and O–H groups in total. The van der Waals surface area contributed by atoms with E-state index >= 15 is 0 Å². The molecule has 1 heterocycles. The molecule has 0 aliphatic carbocycles. The fraction of sp³-hybridized carbons (Fsp3) is 0.800. The standard InChI is InChI=1S/C15H27N3O5/c1-15(2,3)23-14(21)17-6-4-5-16-12(19)11-13(20)18-7-9-22-10-8-18/h4-11H2,1-3H3,(H,16,19)(H,17,21). The van der Waals surface area contributed by atoms with E-state index in [1.165, 1.54) is 0 Å². The molecule has 0 saturated carbocycles. The maximum absolute atomic E-state index is 11.9. The zero-order valence-corrected chi connectivity index (χ0v) is 14.1. The van der Waals surface area contributed by atoms with Crippen molar-refractivity contribution in [2.75, 3.05) is 39.4 Å². The van der Waals surface area contributed by atoms with Gasteiger partial charge >= 0.3 is 6.09 Å². The second-order valence-electron chi connectivity index (χ2n) is 6.30. The molecule has 1 fully saturated rings. The number of morpholine rings is 1. The van der Waals surface area contributed by atoms with Crippen molar-refractivity contribution in [1.82, 2.24) is 15.5 Å². The van der Waals surface area contributed by atoms with Crippen LogP contribution in [0.5, 0.6) is 0 Å². The van der Waals surface area contributed by atoms with Gasteiger partial charge in [-0.25, -0.2) is 4.79 Å². The molecule has 0 radical (unpaired) electrons. The number of rotatable bonds is 6. The summed E-state index contributed by atoms with van der Waals surface area (Å²) in [5.74, 6) is -0.489. The molecule has 0 atom stereocenters. The normalized spacial score (nSPS) is 15.0. The first-order valence-electron chi connectivity index (χ1n) is 7.87. The second kappa shape index (κ2) is 9.34. The van der Waals surface area contributed by atoms with Crippen LogP contribution in [0.2, 0.25) is 0 Å². The van der Waals surface area contributed by atoms with Gasteiger partial charge in [0, 0.05) is 26.2 Å². The van der Waals surface area contributed by atoms with Crippen molar-refractivity contribution in [3.05, 3.63) is 0 Å². The van der Waals surface area contributed by atoms with Crippen molar-refractivity contribution in [1.29, 1.82) is 0 Å². The van der Waals surface area contributed by atoms with Gasteiger partial charge in [0.2, 0.25) is 11.8 Å². The van der Waals surface area contributed by atoms with E-state index in [0.29, 0.717) is 45.8 Å². The van der Waals surface area contributed by atoms with Crippen LogP contribution < -0.4 is 10.6 Å². The second-order valence-corrected chi connectivity index (χ2v) is 6.30. The Balaban J connectivity index is 2.07. The molecule has 0 bridgehead atoms. The Morgan fingerprint density at radius 3 is 2.30 bits per heavy atom. The Morgan fingerprint density at radius 1 is 1.09 bits per heavy atom. The number of alkyl carbamates (subject to hydrolysis) is 1. The quantitative estimate of drug-likeness (QED) is 0.538. The van der Waals surface area contributed by atoms with Gasteiger partial charge in [0.05, 0.1) is 13.2 Å². The van der Waals surface area contributed by atoms with Crippen molar-refractivity contribution >= 4 is 17.9 Å². The summed E-state index contributed by atoms with van der Waals surface area (Å²) in [6.45, 7) is 8.26. The van der Waals surface area contributed by atoms with Crippen LogP contribution in [-0.4, -0.2) is 67.8 Å². The molecule has 0 aromatic carbocycles. The Hall–Kier alpha value is -1.83. The van der Waals surface area contributed by atoms with Crippen molar-refractivity contribution in [2.24, 2.45) is 0 Å². The molecule has 132 valence electrons. The monoisotopic (exact) mass is 329 g/mol.